The van der Waals surface area contributed by atoms with Gasteiger partial charge in [0.2, 0.25) is 0 Å². The van der Waals surface area contributed by atoms with Gasteiger partial charge in [0.25, 0.3) is 5.91 Å². The minimum Gasteiger partial charge on any atom is -0.495 e. The molecule has 1 amide bonds. The summed E-state index contributed by atoms with van der Waals surface area (Å²) in [6, 6.07) is 11.2. The highest BCUT2D eigenvalue weighted by atomic mass is 35.5. The van der Waals surface area contributed by atoms with Crippen molar-refractivity contribution in [3.8, 4) is 17.0 Å². The van der Waals surface area contributed by atoms with Gasteiger partial charge in [-0.25, -0.2) is 4.39 Å². The number of nitrogens with one attached hydrogen (secondary N) is 1. The van der Waals surface area contributed by atoms with Gasteiger partial charge < -0.3 is 14.6 Å². The smallest absolute Gasteiger partial charge is 0.261 e. The molecule has 0 radical (unpaired) electrons. The normalized spacial score (nSPS) is 10.6. The summed E-state index contributed by atoms with van der Waals surface area (Å²) in [6.07, 6.45) is 0. The highest BCUT2D eigenvalue weighted by Crippen LogP contribution is 2.34. The fraction of sp³-hybridized carbons (Fsp3) is 0.111. The van der Waals surface area contributed by atoms with Gasteiger partial charge in [-0.3, -0.25) is 4.79 Å². The maximum atomic E-state index is 14.2. The zero-order valence-electron chi connectivity index (χ0n) is 13.5. The fourth-order valence-corrected chi connectivity index (χ4v) is 2.72. The molecule has 0 unspecified atom stereocenters. The molecule has 1 N–H and O–H groups in total. The lowest BCUT2D eigenvalue weighted by atomic mass is 10.0. The maximum absolute atomic E-state index is 14.2. The number of carbonyl (C=O) groups excluding carboxylic acids is 1. The van der Waals surface area contributed by atoms with E-state index in [-0.39, 0.29) is 27.6 Å². The van der Waals surface area contributed by atoms with E-state index in [2.05, 4.69) is 10.5 Å². The second-order valence-corrected chi connectivity index (χ2v) is 5.62. The molecule has 7 heteroatoms. The van der Waals surface area contributed by atoms with Crippen LogP contribution in [0, 0.1) is 12.7 Å². The maximum Gasteiger partial charge on any atom is 0.261 e. The average Bonchev–Trinajstić information content (AvgIpc) is 2.96. The number of aryl methyl sites for hydroxylation is 1. The van der Waals surface area contributed by atoms with E-state index < -0.39 is 11.7 Å². The Bertz CT molecular complexity index is 920. The molecular formula is C18H14ClFN2O3. The molecule has 3 aromatic rings. The zero-order chi connectivity index (χ0) is 18.0. The SMILES string of the molecule is COc1ccccc1NC(=O)c1c(-c2c(F)cccc2Cl)noc1C. The van der Waals surface area contributed by atoms with Crippen molar-refractivity contribution in [1.82, 2.24) is 5.16 Å². The highest BCUT2D eigenvalue weighted by Gasteiger charge is 2.25. The van der Waals surface area contributed by atoms with Gasteiger partial charge in [0.15, 0.2) is 0 Å². The molecule has 0 aliphatic carbocycles. The first-order valence-corrected chi connectivity index (χ1v) is 7.75. The molecule has 0 fully saturated rings. The van der Waals surface area contributed by atoms with Gasteiger partial charge in [-0.05, 0) is 31.2 Å². The lowest BCUT2D eigenvalue weighted by Gasteiger charge is -2.10. The zero-order valence-corrected chi connectivity index (χ0v) is 14.2. The summed E-state index contributed by atoms with van der Waals surface area (Å²) in [5, 5.41) is 6.68. The lowest BCUT2D eigenvalue weighted by molar-refractivity contribution is 0.102. The van der Waals surface area contributed by atoms with Crippen LogP contribution in [0.5, 0.6) is 5.75 Å². The monoisotopic (exact) mass is 360 g/mol. The summed E-state index contributed by atoms with van der Waals surface area (Å²) in [4.78, 5) is 12.7. The van der Waals surface area contributed by atoms with Crippen LogP contribution in [0.4, 0.5) is 10.1 Å². The van der Waals surface area contributed by atoms with Crippen molar-refractivity contribution in [2.24, 2.45) is 0 Å². The van der Waals surface area contributed by atoms with Crippen molar-refractivity contribution >= 4 is 23.2 Å². The Morgan fingerprint density at radius 3 is 2.72 bits per heavy atom. The summed E-state index contributed by atoms with van der Waals surface area (Å²) >= 11 is 6.08. The predicted octanol–water partition coefficient (Wildman–Crippen LogP) is 4.70. The number of halogens is 2. The van der Waals surface area contributed by atoms with Crippen LogP contribution < -0.4 is 10.1 Å². The minimum absolute atomic E-state index is 0.0196. The van der Waals surface area contributed by atoms with Crippen molar-refractivity contribution in [3.63, 3.8) is 0 Å². The third-order valence-electron chi connectivity index (χ3n) is 3.64. The number of ether oxygens (including phenoxy) is 1. The Morgan fingerprint density at radius 2 is 2.00 bits per heavy atom. The number of aromatic nitrogens is 1. The first-order valence-electron chi connectivity index (χ1n) is 7.38. The Labute approximate surface area is 148 Å². The summed E-state index contributed by atoms with van der Waals surface area (Å²) in [6.45, 7) is 1.57. The van der Waals surface area contributed by atoms with E-state index in [1.807, 2.05) is 0 Å². The molecule has 0 saturated heterocycles. The number of hydrogen-bond donors (Lipinski definition) is 1. The van der Waals surface area contributed by atoms with E-state index in [9.17, 15) is 9.18 Å². The summed E-state index contributed by atoms with van der Waals surface area (Å²) < 4.78 is 24.5. The number of rotatable bonds is 4. The number of carbonyl (C=O) groups is 1. The summed E-state index contributed by atoms with van der Waals surface area (Å²) in [7, 11) is 1.50. The molecule has 0 spiro atoms. The van der Waals surface area contributed by atoms with Crippen LogP contribution in [0.15, 0.2) is 47.0 Å². The second kappa shape index (κ2) is 6.94. The number of amides is 1. The van der Waals surface area contributed by atoms with Crippen LogP contribution >= 0.6 is 11.6 Å². The molecule has 0 aliphatic rings. The number of hydrogen-bond acceptors (Lipinski definition) is 4. The van der Waals surface area contributed by atoms with Crippen molar-refractivity contribution in [2.45, 2.75) is 6.92 Å². The fourth-order valence-electron chi connectivity index (χ4n) is 2.47. The van der Waals surface area contributed by atoms with Crippen LogP contribution in [0.3, 0.4) is 0 Å². The summed E-state index contributed by atoms with van der Waals surface area (Å²) in [5.74, 6) is -0.345. The van der Waals surface area contributed by atoms with Crippen LogP contribution in [0.2, 0.25) is 5.02 Å². The van der Waals surface area contributed by atoms with Gasteiger partial charge in [-0.2, -0.15) is 0 Å². The van der Waals surface area contributed by atoms with Gasteiger partial charge in [0.05, 0.1) is 23.4 Å². The van der Waals surface area contributed by atoms with E-state index in [0.29, 0.717) is 11.4 Å². The largest absolute Gasteiger partial charge is 0.495 e. The quantitative estimate of drug-likeness (QED) is 0.732. The Balaban J connectivity index is 2.04. The Kier molecular flexibility index (Phi) is 4.72. The molecule has 0 atom stereocenters. The molecule has 3 rings (SSSR count). The van der Waals surface area contributed by atoms with Crippen molar-refractivity contribution in [3.05, 3.63) is 64.6 Å². The molecule has 0 aliphatic heterocycles. The molecule has 0 bridgehead atoms. The Morgan fingerprint density at radius 1 is 1.24 bits per heavy atom. The highest BCUT2D eigenvalue weighted by molar-refractivity contribution is 6.33. The van der Waals surface area contributed by atoms with Gasteiger partial charge >= 0.3 is 0 Å². The summed E-state index contributed by atoms with van der Waals surface area (Å²) in [5.41, 5.74) is 0.651. The number of benzene rings is 2. The third-order valence-corrected chi connectivity index (χ3v) is 3.96. The van der Waals surface area contributed by atoms with E-state index >= 15 is 0 Å². The number of nitrogens with zero attached hydrogens (tertiary/aromatic N) is 1. The average molecular weight is 361 g/mol. The molecule has 128 valence electrons. The van der Waals surface area contributed by atoms with Gasteiger partial charge in [-0.1, -0.05) is 35.0 Å². The standard InChI is InChI=1S/C18H14ClFN2O3/c1-10-15(18(23)21-13-8-3-4-9-14(13)24-2)17(22-25-10)16-11(19)6-5-7-12(16)20/h3-9H,1-2H3,(H,21,23). The topological polar surface area (TPSA) is 64.4 Å². The second-order valence-electron chi connectivity index (χ2n) is 5.21. The van der Waals surface area contributed by atoms with E-state index in [1.165, 1.54) is 25.3 Å². The molecule has 25 heavy (non-hydrogen) atoms. The van der Waals surface area contributed by atoms with Crippen molar-refractivity contribution in [1.29, 1.82) is 0 Å². The Hall–Kier alpha value is -2.86. The van der Waals surface area contributed by atoms with E-state index in [4.69, 9.17) is 20.9 Å². The van der Waals surface area contributed by atoms with Crippen LogP contribution in [0.1, 0.15) is 16.1 Å². The molecule has 2 aromatic carbocycles. The lowest BCUT2D eigenvalue weighted by Crippen LogP contribution is -2.14. The first-order chi connectivity index (χ1) is 12.0. The van der Waals surface area contributed by atoms with E-state index in [0.717, 1.165) is 0 Å². The van der Waals surface area contributed by atoms with Crippen LogP contribution in [-0.4, -0.2) is 18.2 Å². The van der Waals surface area contributed by atoms with Crippen molar-refractivity contribution in [2.75, 3.05) is 12.4 Å². The number of para-hydroxylation sites is 2. The molecule has 0 saturated carbocycles. The van der Waals surface area contributed by atoms with Gasteiger partial charge in [0, 0.05) is 0 Å². The van der Waals surface area contributed by atoms with Gasteiger partial charge in [-0.15, -0.1) is 0 Å². The minimum atomic E-state index is -0.591. The van der Waals surface area contributed by atoms with Gasteiger partial charge in [0.1, 0.15) is 28.6 Å². The van der Waals surface area contributed by atoms with Crippen molar-refractivity contribution < 1.29 is 18.4 Å². The first kappa shape index (κ1) is 17.0. The number of anilines is 1. The third kappa shape index (κ3) is 3.21. The number of methoxy groups -OCH3 is 1. The molecule has 1 heterocycles. The molecule has 5 nitrogen and oxygen atoms in total. The van der Waals surface area contributed by atoms with E-state index in [1.54, 1.807) is 31.2 Å². The predicted molar refractivity (Wildman–Crippen MR) is 92.6 cm³/mol. The van der Waals surface area contributed by atoms with Crippen LogP contribution in [-0.2, 0) is 0 Å². The molecular weight excluding hydrogens is 347 g/mol. The molecule has 1 aromatic heterocycles. The van der Waals surface area contributed by atoms with Crippen LogP contribution in [0.25, 0.3) is 11.3 Å².